The Labute approximate surface area is 151 Å². The standard InChI is InChI=1S/C20H22FNO4/c1-13(14-5-9-17(26-2)10-6-14)11-19(23)22-12-18(20(24)25)15-3-7-16(21)8-4-15/h3-10,13,18H,11-12H2,1-2H3,(H,22,23)(H,24,25). The van der Waals surface area contributed by atoms with E-state index in [4.69, 9.17) is 4.74 Å². The lowest BCUT2D eigenvalue weighted by atomic mass is 9.96. The average Bonchev–Trinajstić information content (AvgIpc) is 2.63. The number of rotatable bonds is 8. The molecule has 5 nitrogen and oxygen atoms in total. The lowest BCUT2D eigenvalue weighted by Crippen LogP contribution is -2.32. The number of nitrogens with one attached hydrogen (secondary N) is 1. The number of carbonyl (C=O) groups excluding carboxylic acids is 1. The first kappa shape index (κ1) is 19.4. The van der Waals surface area contributed by atoms with E-state index < -0.39 is 17.7 Å². The van der Waals surface area contributed by atoms with Gasteiger partial charge >= 0.3 is 5.97 Å². The first-order chi connectivity index (χ1) is 12.4. The largest absolute Gasteiger partial charge is 0.497 e. The fourth-order valence-corrected chi connectivity index (χ4v) is 2.66. The third-order valence-corrected chi connectivity index (χ3v) is 4.25. The Morgan fingerprint density at radius 1 is 1.08 bits per heavy atom. The van der Waals surface area contributed by atoms with Crippen molar-refractivity contribution >= 4 is 11.9 Å². The number of hydrogen-bond donors (Lipinski definition) is 2. The molecular formula is C20H22FNO4. The molecule has 0 saturated carbocycles. The molecule has 0 bridgehead atoms. The predicted octanol–water partition coefficient (Wildman–Crippen LogP) is 3.31. The van der Waals surface area contributed by atoms with E-state index in [9.17, 15) is 19.1 Å². The van der Waals surface area contributed by atoms with E-state index in [2.05, 4.69) is 5.32 Å². The fraction of sp³-hybridized carbons (Fsp3) is 0.300. The summed E-state index contributed by atoms with van der Waals surface area (Å²) in [6, 6.07) is 12.7. The van der Waals surface area contributed by atoms with E-state index in [1.807, 2.05) is 31.2 Å². The van der Waals surface area contributed by atoms with Crippen LogP contribution in [0.4, 0.5) is 4.39 Å². The van der Waals surface area contributed by atoms with E-state index in [0.29, 0.717) is 5.56 Å². The maximum absolute atomic E-state index is 13.0. The monoisotopic (exact) mass is 359 g/mol. The minimum atomic E-state index is -1.07. The minimum absolute atomic E-state index is 0.0185. The third kappa shape index (κ3) is 5.31. The smallest absolute Gasteiger partial charge is 0.312 e. The molecule has 138 valence electrons. The van der Waals surface area contributed by atoms with E-state index in [0.717, 1.165) is 11.3 Å². The maximum atomic E-state index is 13.0. The van der Waals surface area contributed by atoms with Gasteiger partial charge in [0, 0.05) is 13.0 Å². The second-order valence-electron chi connectivity index (χ2n) is 6.12. The van der Waals surface area contributed by atoms with E-state index in [1.54, 1.807) is 7.11 Å². The molecule has 0 spiro atoms. The minimum Gasteiger partial charge on any atom is -0.497 e. The van der Waals surface area contributed by atoms with Gasteiger partial charge < -0.3 is 15.2 Å². The van der Waals surface area contributed by atoms with Crippen molar-refractivity contribution in [1.29, 1.82) is 0 Å². The maximum Gasteiger partial charge on any atom is 0.312 e. The molecule has 0 aromatic heterocycles. The van der Waals surface area contributed by atoms with Gasteiger partial charge in [-0.2, -0.15) is 0 Å². The number of carboxylic acids is 1. The van der Waals surface area contributed by atoms with Crippen LogP contribution < -0.4 is 10.1 Å². The Hall–Kier alpha value is -2.89. The van der Waals surface area contributed by atoms with Gasteiger partial charge in [0.25, 0.3) is 0 Å². The number of carbonyl (C=O) groups is 2. The van der Waals surface area contributed by atoms with E-state index in [-0.39, 0.29) is 24.8 Å². The predicted molar refractivity (Wildman–Crippen MR) is 95.8 cm³/mol. The van der Waals surface area contributed by atoms with Crippen molar-refractivity contribution in [2.45, 2.75) is 25.2 Å². The number of ether oxygens (including phenoxy) is 1. The molecule has 0 aliphatic heterocycles. The highest BCUT2D eigenvalue weighted by Crippen LogP contribution is 2.22. The van der Waals surface area contributed by atoms with E-state index >= 15 is 0 Å². The zero-order valence-corrected chi connectivity index (χ0v) is 14.7. The van der Waals surface area contributed by atoms with Gasteiger partial charge in [0.05, 0.1) is 13.0 Å². The number of hydrogen-bond acceptors (Lipinski definition) is 3. The van der Waals surface area contributed by atoms with Crippen molar-refractivity contribution in [1.82, 2.24) is 5.32 Å². The molecule has 0 aliphatic carbocycles. The number of aliphatic carboxylic acids is 1. The number of halogens is 1. The molecule has 0 heterocycles. The summed E-state index contributed by atoms with van der Waals surface area (Å²) < 4.78 is 18.1. The van der Waals surface area contributed by atoms with Crippen molar-refractivity contribution in [2.75, 3.05) is 13.7 Å². The second-order valence-corrected chi connectivity index (χ2v) is 6.12. The number of benzene rings is 2. The molecule has 2 atom stereocenters. The quantitative estimate of drug-likeness (QED) is 0.758. The summed E-state index contributed by atoms with van der Waals surface area (Å²) in [5.41, 5.74) is 1.44. The van der Waals surface area contributed by atoms with Gasteiger partial charge in [0.1, 0.15) is 11.6 Å². The first-order valence-corrected chi connectivity index (χ1v) is 8.29. The summed E-state index contributed by atoms with van der Waals surface area (Å²) in [6.45, 7) is 1.88. The zero-order valence-electron chi connectivity index (χ0n) is 14.7. The van der Waals surface area contributed by atoms with Crippen molar-refractivity contribution in [3.8, 4) is 5.75 Å². The topological polar surface area (TPSA) is 75.6 Å². The van der Waals surface area contributed by atoms with Crippen LogP contribution in [-0.2, 0) is 9.59 Å². The molecule has 2 rings (SSSR count). The Kier molecular flexibility index (Phi) is 6.72. The highest BCUT2D eigenvalue weighted by Gasteiger charge is 2.21. The van der Waals surface area contributed by atoms with Crippen LogP contribution in [0.1, 0.15) is 36.3 Å². The fourth-order valence-electron chi connectivity index (χ4n) is 2.66. The van der Waals surface area contributed by atoms with Crippen molar-refractivity contribution in [2.24, 2.45) is 0 Å². The Bertz CT molecular complexity index is 743. The molecule has 0 radical (unpaired) electrons. The van der Waals surface area contributed by atoms with Crippen LogP contribution in [0.2, 0.25) is 0 Å². The highest BCUT2D eigenvalue weighted by atomic mass is 19.1. The Morgan fingerprint density at radius 3 is 2.19 bits per heavy atom. The molecular weight excluding hydrogens is 337 g/mol. The summed E-state index contributed by atoms with van der Waals surface area (Å²) in [5, 5.41) is 12.0. The van der Waals surface area contributed by atoms with Crippen LogP contribution in [0.15, 0.2) is 48.5 Å². The lowest BCUT2D eigenvalue weighted by molar-refractivity contribution is -0.138. The van der Waals surface area contributed by atoms with Crippen LogP contribution >= 0.6 is 0 Å². The molecule has 26 heavy (non-hydrogen) atoms. The van der Waals surface area contributed by atoms with Gasteiger partial charge in [0.15, 0.2) is 0 Å². The first-order valence-electron chi connectivity index (χ1n) is 8.29. The van der Waals surface area contributed by atoms with Crippen LogP contribution in [0, 0.1) is 5.82 Å². The van der Waals surface area contributed by atoms with Crippen LogP contribution in [0.25, 0.3) is 0 Å². The molecule has 2 unspecified atom stereocenters. The summed E-state index contributed by atoms with van der Waals surface area (Å²) in [5.74, 6) is -1.93. The third-order valence-electron chi connectivity index (χ3n) is 4.25. The molecule has 0 fully saturated rings. The van der Waals surface area contributed by atoms with Crippen molar-refractivity contribution < 1.29 is 23.8 Å². The van der Waals surface area contributed by atoms with Gasteiger partial charge in [-0.25, -0.2) is 4.39 Å². The van der Waals surface area contributed by atoms with Gasteiger partial charge in [-0.05, 0) is 41.3 Å². The highest BCUT2D eigenvalue weighted by molar-refractivity contribution is 5.80. The summed E-state index contributed by atoms with van der Waals surface area (Å²) in [6.07, 6.45) is 0.238. The molecule has 1 amide bonds. The van der Waals surface area contributed by atoms with Crippen LogP contribution in [-0.4, -0.2) is 30.6 Å². The van der Waals surface area contributed by atoms with Crippen LogP contribution in [0.3, 0.4) is 0 Å². The Balaban J connectivity index is 1.92. The van der Waals surface area contributed by atoms with Gasteiger partial charge in [-0.3, -0.25) is 9.59 Å². The lowest BCUT2D eigenvalue weighted by Gasteiger charge is -2.16. The molecule has 2 N–H and O–H groups in total. The van der Waals surface area contributed by atoms with Crippen LogP contribution in [0.5, 0.6) is 5.75 Å². The number of methoxy groups -OCH3 is 1. The second kappa shape index (κ2) is 8.99. The molecule has 0 aliphatic rings. The average molecular weight is 359 g/mol. The number of amides is 1. The van der Waals surface area contributed by atoms with E-state index in [1.165, 1.54) is 24.3 Å². The molecule has 2 aromatic rings. The molecule has 0 saturated heterocycles. The summed E-state index contributed by atoms with van der Waals surface area (Å²) in [7, 11) is 1.59. The Morgan fingerprint density at radius 2 is 1.65 bits per heavy atom. The SMILES string of the molecule is COc1ccc(C(C)CC(=O)NCC(C(=O)O)c2ccc(F)cc2)cc1. The molecule has 2 aromatic carbocycles. The van der Waals surface area contributed by atoms with Crippen molar-refractivity contribution in [3.05, 3.63) is 65.5 Å². The van der Waals surface area contributed by atoms with Crippen molar-refractivity contribution in [3.63, 3.8) is 0 Å². The summed E-state index contributed by atoms with van der Waals surface area (Å²) >= 11 is 0. The zero-order chi connectivity index (χ0) is 19.1. The van der Waals surface area contributed by atoms with Gasteiger partial charge in [-0.15, -0.1) is 0 Å². The van der Waals surface area contributed by atoms with Gasteiger partial charge in [-0.1, -0.05) is 31.2 Å². The number of carboxylic acid groups (broad SMARTS) is 1. The van der Waals surface area contributed by atoms with Gasteiger partial charge in [0.2, 0.25) is 5.91 Å². The normalized spacial score (nSPS) is 12.9. The molecule has 6 heteroatoms. The summed E-state index contributed by atoms with van der Waals surface area (Å²) in [4.78, 5) is 23.6.